The second-order valence-corrected chi connectivity index (χ2v) is 10.1. The number of rotatable bonds is 7. The van der Waals surface area contributed by atoms with Crippen molar-refractivity contribution >= 4 is 43.2 Å². The van der Waals surface area contributed by atoms with E-state index in [0.717, 1.165) is 16.5 Å². The minimum absolute atomic E-state index is 0.131. The third-order valence-electron chi connectivity index (χ3n) is 4.61. The Morgan fingerprint density at radius 2 is 1.72 bits per heavy atom. The number of anilines is 1. The molecule has 0 aliphatic heterocycles. The van der Waals surface area contributed by atoms with Crippen LogP contribution in [0.5, 0.6) is 0 Å². The fourth-order valence-corrected chi connectivity index (χ4v) is 5.11. The van der Waals surface area contributed by atoms with Crippen LogP contribution >= 0.6 is 11.3 Å². The van der Waals surface area contributed by atoms with Crippen molar-refractivity contribution in [2.75, 3.05) is 5.32 Å². The highest BCUT2D eigenvalue weighted by atomic mass is 32.2. The van der Waals surface area contributed by atoms with E-state index in [1.807, 2.05) is 43.5 Å². The van der Waals surface area contributed by atoms with Gasteiger partial charge in [0.2, 0.25) is 15.9 Å². The lowest BCUT2D eigenvalue weighted by Crippen LogP contribution is -2.47. The van der Waals surface area contributed by atoms with Gasteiger partial charge in [-0.1, -0.05) is 58.0 Å². The summed E-state index contributed by atoms with van der Waals surface area (Å²) in [4.78, 5) is 17.3. The van der Waals surface area contributed by atoms with E-state index in [2.05, 4.69) is 15.0 Å². The Balaban J connectivity index is 1.81. The van der Waals surface area contributed by atoms with Crippen molar-refractivity contribution in [1.29, 1.82) is 0 Å². The standard InChI is InChI=1S/C21H25N3O3S2/c1-13(2)18-12-28-21(22-18)23-20(25)19(14(3)4)24-29(26,27)17-10-9-15-7-5-6-8-16(15)11-17/h5-14,19,24H,1-4H3,(H,22,23,25). The summed E-state index contributed by atoms with van der Waals surface area (Å²) >= 11 is 1.33. The Morgan fingerprint density at radius 3 is 2.34 bits per heavy atom. The van der Waals surface area contributed by atoms with E-state index < -0.39 is 22.0 Å². The fourth-order valence-electron chi connectivity index (χ4n) is 2.85. The van der Waals surface area contributed by atoms with Crippen molar-refractivity contribution in [2.45, 2.75) is 44.6 Å². The number of fused-ring (bicyclic) bond motifs is 1. The van der Waals surface area contributed by atoms with Crippen LogP contribution in [0.25, 0.3) is 10.8 Å². The van der Waals surface area contributed by atoms with E-state index in [4.69, 9.17) is 0 Å². The average Bonchev–Trinajstić information content (AvgIpc) is 3.14. The lowest BCUT2D eigenvalue weighted by molar-refractivity contribution is -0.118. The van der Waals surface area contributed by atoms with Crippen molar-refractivity contribution in [3.8, 4) is 0 Å². The average molecular weight is 432 g/mol. The van der Waals surface area contributed by atoms with Gasteiger partial charge in [0, 0.05) is 5.38 Å². The maximum atomic E-state index is 12.9. The van der Waals surface area contributed by atoms with Gasteiger partial charge in [-0.2, -0.15) is 4.72 Å². The normalized spacial score (nSPS) is 13.2. The molecule has 0 saturated carbocycles. The first-order valence-electron chi connectivity index (χ1n) is 9.45. The molecule has 1 amide bonds. The Bertz CT molecular complexity index is 1120. The van der Waals surface area contributed by atoms with E-state index in [-0.39, 0.29) is 16.7 Å². The third kappa shape index (κ3) is 5.01. The van der Waals surface area contributed by atoms with Gasteiger partial charge < -0.3 is 5.32 Å². The van der Waals surface area contributed by atoms with Gasteiger partial charge in [0.05, 0.1) is 10.6 Å². The van der Waals surface area contributed by atoms with E-state index in [1.165, 1.54) is 11.3 Å². The molecule has 0 saturated heterocycles. The van der Waals surface area contributed by atoms with Crippen molar-refractivity contribution < 1.29 is 13.2 Å². The predicted molar refractivity (Wildman–Crippen MR) is 118 cm³/mol. The van der Waals surface area contributed by atoms with Crippen molar-refractivity contribution in [1.82, 2.24) is 9.71 Å². The highest BCUT2D eigenvalue weighted by Gasteiger charge is 2.29. The fraction of sp³-hybridized carbons (Fsp3) is 0.333. The molecule has 6 nitrogen and oxygen atoms in total. The highest BCUT2D eigenvalue weighted by molar-refractivity contribution is 7.89. The Hall–Kier alpha value is -2.29. The molecule has 0 aliphatic carbocycles. The first kappa shape index (κ1) is 21.4. The van der Waals surface area contributed by atoms with Gasteiger partial charge in [-0.05, 0) is 34.7 Å². The van der Waals surface area contributed by atoms with Crippen LogP contribution in [0.1, 0.15) is 39.3 Å². The predicted octanol–water partition coefficient (Wildman–Crippen LogP) is 4.36. The van der Waals surface area contributed by atoms with Gasteiger partial charge in [0.25, 0.3) is 0 Å². The molecule has 3 rings (SSSR count). The molecule has 1 aromatic heterocycles. The summed E-state index contributed by atoms with van der Waals surface area (Å²) in [5.41, 5.74) is 0.892. The second kappa shape index (κ2) is 8.61. The molecule has 0 bridgehead atoms. The number of aromatic nitrogens is 1. The van der Waals surface area contributed by atoms with E-state index in [0.29, 0.717) is 5.13 Å². The molecule has 154 valence electrons. The number of nitrogens with one attached hydrogen (secondary N) is 2. The van der Waals surface area contributed by atoms with Crippen LogP contribution in [0.2, 0.25) is 0 Å². The number of carbonyl (C=O) groups is 1. The summed E-state index contributed by atoms with van der Waals surface area (Å²) in [5.74, 6) is -0.409. The maximum Gasteiger partial charge on any atom is 0.244 e. The molecule has 1 heterocycles. The molecular formula is C21H25N3O3S2. The van der Waals surface area contributed by atoms with E-state index in [9.17, 15) is 13.2 Å². The Morgan fingerprint density at radius 1 is 1.03 bits per heavy atom. The van der Waals surface area contributed by atoms with E-state index in [1.54, 1.807) is 32.0 Å². The summed E-state index contributed by atoms with van der Waals surface area (Å²) in [5, 5.41) is 6.88. The molecule has 0 fully saturated rings. The van der Waals surface area contributed by atoms with Crippen LogP contribution in [-0.2, 0) is 14.8 Å². The van der Waals surface area contributed by atoms with Crippen molar-refractivity contribution in [3.63, 3.8) is 0 Å². The molecule has 8 heteroatoms. The Kier molecular flexibility index (Phi) is 6.36. The second-order valence-electron chi connectivity index (χ2n) is 7.57. The van der Waals surface area contributed by atoms with Crippen LogP contribution in [0, 0.1) is 5.92 Å². The number of hydrogen-bond donors (Lipinski definition) is 2. The monoisotopic (exact) mass is 431 g/mol. The zero-order valence-electron chi connectivity index (χ0n) is 16.8. The molecule has 2 N–H and O–H groups in total. The zero-order chi connectivity index (χ0) is 21.2. The highest BCUT2D eigenvalue weighted by Crippen LogP contribution is 2.23. The number of sulfonamides is 1. The summed E-state index contributed by atoms with van der Waals surface area (Å²) in [6.45, 7) is 7.65. The smallest absolute Gasteiger partial charge is 0.244 e. The number of benzene rings is 2. The van der Waals surface area contributed by atoms with E-state index >= 15 is 0 Å². The van der Waals surface area contributed by atoms with Crippen LogP contribution in [0.15, 0.2) is 52.7 Å². The van der Waals surface area contributed by atoms with Gasteiger partial charge >= 0.3 is 0 Å². The number of carbonyl (C=O) groups excluding carboxylic acids is 1. The largest absolute Gasteiger partial charge is 0.301 e. The van der Waals surface area contributed by atoms with Gasteiger partial charge in [-0.15, -0.1) is 11.3 Å². The first-order chi connectivity index (χ1) is 13.7. The minimum atomic E-state index is -3.87. The number of hydrogen-bond acceptors (Lipinski definition) is 5. The molecular weight excluding hydrogens is 406 g/mol. The summed E-state index contributed by atoms with van der Waals surface area (Å²) in [6, 6.07) is 11.5. The van der Waals surface area contributed by atoms with Crippen LogP contribution in [0.3, 0.4) is 0 Å². The molecule has 0 spiro atoms. The van der Waals surface area contributed by atoms with Crippen molar-refractivity contribution in [2.24, 2.45) is 5.92 Å². The van der Waals surface area contributed by atoms with Gasteiger partial charge in [0.15, 0.2) is 5.13 Å². The summed E-state index contributed by atoms with van der Waals surface area (Å²) < 4.78 is 28.4. The molecule has 29 heavy (non-hydrogen) atoms. The summed E-state index contributed by atoms with van der Waals surface area (Å²) in [6.07, 6.45) is 0. The van der Waals surface area contributed by atoms with Gasteiger partial charge in [-0.3, -0.25) is 4.79 Å². The topological polar surface area (TPSA) is 88.2 Å². The number of amides is 1. The van der Waals surface area contributed by atoms with Crippen LogP contribution in [-0.4, -0.2) is 25.4 Å². The quantitative estimate of drug-likeness (QED) is 0.582. The molecule has 2 aromatic carbocycles. The van der Waals surface area contributed by atoms with Crippen molar-refractivity contribution in [3.05, 3.63) is 53.5 Å². The lowest BCUT2D eigenvalue weighted by Gasteiger charge is -2.21. The van der Waals surface area contributed by atoms with Gasteiger partial charge in [-0.25, -0.2) is 13.4 Å². The van der Waals surface area contributed by atoms with Crippen LogP contribution in [0.4, 0.5) is 5.13 Å². The molecule has 0 aliphatic rings. The molecule has 1 unspecified atom stereocenters. The summed E-state index contributed by atoms with van der Waals surface area (Å²) in [7, 11) is -3.87. The molecule has 3 aromatic rings. The third-order valence-corrected chi connectivity index (χ3v) is 6.82. The maximum absolute atomic E-state index is 12.9. The zero-order valence-corrected chi connectivity index (χ0v) is 18.5. The van der Waals surface area contributed by atoms with Gasteiger partial charge in [0.1, 0.15) is 6.04 Å². The lowest BCUT2D eigenvalue weighted by atomic mass is 10.1. The number of nitrogens with zero attached hydrogens (tertiary/aromatic N) is 1. The number of thiazole rings is 1. The first-order valence-corrected chi connectivity index (χ1v) is 11.8. The minimum Gasteiger partial charge on any atom is -0.301 e. The van der Waals surface area contributed by atoms with Crippen LogP contribution < -0.4 is 10.0 Å². The molecule has 1 atom stereocenters. The SMILES string of the molecule is CC(C)c1csc(NC(=O)C(NS(=O)(=O)c2ccc3ccccc3c2)C(C)C)n1. The Labute approximate surface area is 175 Å². The molecule has 0 radical (unpaired) electrons.